The Labute approximate surface area is 143 Å². The molecule has 0 unspecified atom stereocenters. The van der Waals surface area contributed by atoms with E-state index in [2.05, 4.69) is 79.8 Å². The standard InChI is InChI=1S/C19H24N2OS/c1-15-4-10-18(11-5-15)23-14-19(22)20-12-16-6-8-17(9-7-16)13-21(2)3/h4-11H,12-14H2,1-3H3,(H,20,22). The zero-order chi connectivity index (χ0) is 16.7. The smallest absolute Gasteiger partial charge is 0.230 e. The van der Waals surface area contributed by atoms with Crippen molar-refractivity contribution in [1.82, 2.24) is 10.2 Å². The number of amides is 1. The molecule has 2 aromatic carbocycles. The molecular formula is C19H24N2OS. The first-order chi connectivity index (χ1) is 11.0. The van der Waals surface area contributed by atoms with E-state index in [0.717, 1.165) is 17.0 Å². The molecule has 0 aliphatic rings. The maximum atomic E-state index is 11.9. The molecule has 0 saturated carbocycles. The first-order valence-electron chi connectivity index (χ1n) is 7.71. The SMILES string of the molecule is Cc1ccc(SCC(=O)NCc2ccc(CN(C)C)cc2)cc1. The highest BCUT2D eigenvalue weighted by molar-refractivity contribution is 8.00. The van der Waals surface area contributed by atoms with Crippen molar-refractivity contribution in [2.24, 2.45) is 0 Å². The molecular weight excluding hydrogens is 304 g/mol. The molecule has 1 amide bonds. The third-order valence-corrected chi connectivity index (χ3v) is 4.41. The molecule has 0 spiro atoms. The van der Waals surface area contributed by atoms with Crippen LogP contribution in [0.1, 0.15) is 16.7 Å². The van der Waals surface area contributed by atoms with E-state index in [4.69, 9.17) is 0 Å². The van der Waals surface area contributed by atoms with Crippen LogP contribution in [0.4, 0.5) is 0 Å². The van der Waals surface area contributed by atoms with Crippen LogP contribution in [0, 0.1) is 6.92 Å². The van der Waals surface area contributed by atoms with Gasteiger partial charge in [-0.05, 0) is 44.3 Å². The number of nitrogens with zero attached hydrogens (tertiary/aromatic N) is 1. The Balaban J connectivity index is 1.74. The van der Waals surface area contributed by atoms with Crippen LogP contribution in [0.5, 0.6) is 0 Å². The average molecular weight is 328 g/mol. The molecule has 0 aliphatic carbocycles. The first kappa shape index (κ1) is 17.6. The molecule has 0 aromatic heterocycles. The Bertz CT molecular complexity index is 621. The summed E-state index contributed by atoms with van der Waals surface area (Å²) in [5.41, 5.74) is 3.64. The van der Waals surface area contributed by atoms with Gasteiger partial charge in [0, 0.05) is 18.0 Å². The van der Waals surface area contributed by atoms with Crippen molar-refractivity contribution < 1.29 is 4.79 Å². The van der Waals surface area contributed by atoms with Crippen molar-refractivity contribution in [3.8, 4) is 0 Å². The molecule has 2 aromatic rings. The van der Waals surface area contributed by atoms with Crippen LogP contribution < -0.4 is 5.32 Å². The Hall–Kier alpha value is -1.78. The highest BCUT2D eigenvalue weighted by Crippen LogP contribution is 2.17. The molecule has 1 N–H and O–H groups in total. The fourth-order valence-electron chi connectivity index (χ4n) is 2.16. The summed E-state index contributed by atoms with van der Waals surface area (Å²) in [7, 11) is 4.11. The maximum absolute atomic E-state index is 11.9. The van der Waals surface area contributed by atoms with E-state index in [1.54, 1.807) is 11.8 Å². The monoisotopic (exact) mass is 328 g/mol. The van der Waals surface area contributed by atoms with Gasteiger partial charge in [-0.3, -0.25) is 4.79 Å². The van der Waals surface area contributed by atoms with Gasteiger partial charge in [0.1, 0.15) is 0 Å². The van der Waals surface area contributed by atoms with Gasteiger partial charge in [-0.15, -0.1) is 11.8 Å². The summed E-state index contributed by atoms with van der Waals surface area (Å²) in [5, 5.41) is 2.97. The molecule has 0 aliphatic heterocycles. The van der Waals surface area contributed by atoms with Crippen molar-refractivity contribution in [1.29, 1.82) is 0 Å². The predicted octanol–water partition coefficient (Wildman–Crippen LogP) is 3.47. The molecule has 0 radical (unpaired) electrons. The minimum Gasteiger partial charge on any atom is -0.351 e. The molecule has 0 atom stereocenters. The van der Waals surface area contributed by atoms with Gasteiger partial charge >= 0.3 is 0 Å². The van der Waals surface area contributed by atoms with Crippen LogP contribution in [0.15, 0.2) is 53.4 Å². The van der Waals surface area contributed by atoms with Crippen LogP contribution in [-0.2, 0) is 17.9 Å². The van der Waals surface area contributed by atoms with Crippen LogP contribution in [0.25, 0.3) is 0 Å². The summed E-state index contributed by atoms with van der Waals surface area (Å²) >= 11 is 1.56. The summed E-state index contributed by atoms with van der Waals surface area (Å²) in [6.45, 7) is 3.57. The minimum absolute atomic E-state index is 0.0629. The van der Waals surface area contributed by atoms with E-state index >= 15 is 0 Å². The van der Waals surface area contributed by atoms with E-state index in [-0.39, 0.29) is 5.91 Å². The Morgan fingerprint density at radius 1 is 1.00 bits per heavy atom. The summed E-state index contributed by atoms with van der Waals surface area (Å²) in [6.07, 6.45) is 0. The number of nitrogens with one attached hydrogen (secondary N) is 1. The maximum Gasteiger partial charge on any atom is 0.230 e. The summed E-state index contributed by atoms with van der Waals surface area (Å²) in [4.78, 5) is 15.2. The zero-order valence-electron chi connectivity index (χ0n) is 14.0. The van der Waals surface area contributed by atoms with E-state index < -0.39 is 0 Å². The molecule has 0 fully saturated rings. The van der Waals surface area contributed by atoms with E-state index in [1.165, 1.54) is 11.1 Å². The summed E-state index contributed by atoms with van der Waals surface area (Å²) in [6, 6.07) is 16.6. The van der Waals surface area contributed by atoms with Gasteiger partial charge in [-0.1, -0.05) is 42.0 Å². The molecule has 4 heteroatoms. The van der Waals surface area contributed by atoms with Gasteiger partial charge in [-0.25, -0.2) is 0 Å². The van der Waals surface area contributed by atoms with E-state index in [1.807, 2.05) is 0 Å². The lowest BCUT2D eigenvalue weighted by Crippen LogP contribution is -2.24. The quantitative estimate of drug-likeness (QED) is 0.790. The lowest BCUT2D eigenvalue weighted by molar-refractivity contribution is -0.118. The Morgan fingerprint density at radius 2 is 1.61 bits per heavy atom. The topological polar surface area (TPSA) is 32.3 Å². The van der Waals surface area contributed by atoms with Gasteiger partial charge in [0.25, 0.3) is 0 Å². The number of thioether (sulfide) groups is 1. The third-order valence-electron chi connectivity index (χ3n) is 3.40. The number of rotatable bonds is 7. The predicted molar refractivity (Wildman–Crippen MR) is 97.6 cm³/mol. The minimum atomic E-state index is 0.0629. The van der Waals surface area contributed by atoms with Crippen LogP contribution >= 0.6 is 11.8 Å². The number of benzene rings is 2. The van der Waals surface area contributed by atoms with Crippen LogP contribution in [0.2, 0.25) is 0 Å². The second kappa shape index (κ2) is 8.75. The van der Waals surface area contributed by atoms with Crippen molar-refractivity contribution >= 4 is 17.7 Å². The molecule has 2 rings (SSSR count). The largest absolute Gasteiger partial charge is 0.351 e. The summed E-state index contributed by atoms with van der Waals surface area (Å²) < 4.78 is 0. The van der Waals surface area contributed by atoms with Crippen LogP contribution in [-0.4, -0.2) is 30.7 Å². The van der Waals surface area contributed by atoms with Crippen molar-refractivity contribution in [3.05, 3.63) is 65.2 Å². The van der Waals surface area contributed by atoms with Crippen molar-refractivity contribution in [2.45, 2.75) is 24.9 Å². The fourth-order valence-corrected chi connectivity index (χ4v) is 2.89. The molecule has 0 saturated heterocycles. The molecule has 3 nitrogen and oxygen atoms in total. The highest BCUT2D eigenvalue weighted by Gasteiger charge is 2.03. The van der Waals surface area contributed by atoms with E-state index in [0.29, 0.717) is 12.3 Å². The highest BCUT2D eigenvalue weighted by atomic mass is 32.2. The van der Waals surface area contributed by atoms with Crippen molar-refractivity contribution in [3.63, 3.8) is 0 Å². The first-order valence-corrected chi connectivity index (χ1v) is 8.70. The molecule has 0 heterocycles. The second-order valence-electron chi connectivity index (χ2n) is 5.93. The number of hydrogen-bond acceptors (Lipinski definition) is 3. The third kappa shape index (κ3) is 6.47. The van der Waals surface area contributed by atoms with Crippen LogP contribution in [0.3, 0.4) is 0 Å². The number of aryl methyl sites for hydroxylation is 1. The average Bonchev–Trinajstić information content (AvgIpc) is 2.53. The molecule has 122 valence electrons. The number of hydrogen-bond donors (Lipinski definition) is 1. The molecule has 0 bridgehead atoms. The van der Waals surface area contributed by atoms with Gasteiger partial charge in [0.2, 0.25) is 5.91 Å². The fraction of sp³-hybridized carbons (Fsp3) is 0.316. The van der Waals surface area contributed by atoms with Crippen molar-refractivity contribution in [2.75, 3.05) is 19.8 Å². The van der Waals surface area contributed by atoms with Gasteiger partial charge in [0.15, 0.2) is 0 Å². The second-order valence-corrected chi connectivity index (χ2v) is 6.98. The number of carbonyl (C=O) groups is 1. The zero-order valence-corrected chi connectivity index (χ0v) is 14.8. The lowest BCUT2D eigenvalue weighted by Gasteiger charge is -2.10. The normalized spacial score (nSPS) is 10.8. The lowest BCUT2D eigenvalue weighted by atomic mass is 10.1. The van der Waals surface area contributed by atoms with Gasteiger partial charge < -0.3 is 10.2 Å². The summed E-state index contributed by atoms with van der Waals surface area (Å²) in [5.74, 6) is 0.509. The molecule has 23 heavy (non-hydrogen) atoms. The number of carbonyl (C=O) groups excluding carboxylic acids is 1. The van der Waals surface area contributed by atoms with Gasteiger partial charge in [0.05, 0.1) is 5.75 Å². The van der Waals surface area contributed by atoms with E-state index in [9.17, 15) is 4.79 Å². The Kier molecular flexibility index (Phi) is 6.68. The Morgan fingerprint density at radius 3 is 2.22 bits per heavy atom. The van der Waals surface area contributed by atoms with Gasteiger partial charge in [-0.2, -0.15) is 0 Å².